The molecule has 24 heavy (non-hydrogen) atoms. The van der Waals surface area contributed by atoms with Crippen molar-refractivity contribution in [1.82, 2.24) is 15.1 Å². The number of carbonyl (C=O) groups is 1. The molecule has 0 saturated carbocycles. The largest absolute Gasteiger partial charge is 0.340 e. The van der Waals surface area contributed by atoms with Crippen molar-refractivity contribution in [3.8, 4) is 0 Å². The second-order valence-corrected chi connectivity index (χ2v) is 7.27. The normalized spacial score (nSPS) is 22.1. The van der Waals surface area contributed by atoms with Crippen LogP contribution in [0.2, 0.25) is 0 Å². The predicted molar refractivity (Wildman–Crippen MR) is 98.0 cm³/mol. The molecule has 0 bridgehead atoms. The number of benzene rings is 1. The first-order chi connectivity index (χ1) is 11.7. The molecule has 2 saturated heterocycles. The van der Waals surface area contributed by atoms with Gasteiger partial charge in [0, 0.05) is 19.6 Å². The van der Waals surface area contributed by atoms with E-state index in [-0.39, 0.29) is 6.04 Å². The minimum Gasteiger partial charge on any atom is -0.340 e. The first kappa shape index (κ1) is 17.4. The van der Waals surface area contributed by atoms with Crippen LogP contribution >= 0.6 is 0 Å². The first-order valence-corrected chi connectivity index (χ1v) is 9.51. The SMILES string of the molecule is CC(C(=O)N1CCCNCC1)N1CCC(Cc2ccccc2)CC1. The number of carbonyl (C=O) groups excluding carboxylic acids is 1. The maximum absolute atomic E-state index is 12.8. The van der Waals surface area contributed by atoms with Gasteiger partial charge in [0.05, 0.1) is 6.04 Å². The summed E-state index contributed by atoms with van der Waals surface area (Å²) in [6.45, 7) is 7.92. The van der Waals surface area contributed by atoms with Crippen LogP contribution < -0.4 is 5.32 Å². The van der Waals surface area contributed by atoms with Crippen molar-refractivity contribution in [2.45, 2.75) is 38.6 Å². The van der Waals surface area contributed by atoms with Crippen LogP contribution in [0.25, 0.3) is 0 Å². The average Bonchev–Trinajstić information content (AvgIpc) is 2.91. The number of amides is 1. The summed E-state index contributed by atoms with van der Waals surface area (Å²) in [5, 5.41) is 3.37. The molecular formula is C20H31N3O. The van der Waals surface area contributed by atoms with Gasteiger partial charge in [0.2, 0.25) is 5.91 Å². The van der Waals surface area contributed by atoms with Crippen LogP contribution in [0, 0.1) is 5.92 Å². The minimum atomic E-state index is 0.0285. The van der Waals surface area contributed by atoms with E-state index in [0.717, 1.165) is 51.6 Å². The Hall–Kier alpha value is -1.39. The molecule has 0 aromatic heterocycles. The summed E-state index contributed by atoms with van der Waals surface area (Å²) in [5.41, 5.74) is 1.44. The van der Waals surface area contributed by atoms with Crippen molar-refractivity contribution in [3.05, 3.63) is 35.9 Å². The quantitative estimate of drug-likeness (QED) is 0.919. The van der Waals surface area contributed by atoms with Gasteiger partial charge in [-0.25, -0.2) is 0 Å². The van der Waals surface area contributed by atoms with E-state index in [4.69, 9.17) is 0 Å². The molecule has 1 aromatic carbocycles. The zero-order valence-electron chi connectivity index (χ0n) is 14.9. The molecule has 0 radical (unpaired) electrons. The predicted octanol–water partition coefficient (Wildman–Crippen LogP) is 2.15. The lowest BCUT2D eigenvalue weighted by Crippen LogP contribution is -2.50. The summed E-state index contributed by atoms with van der Waals surface area (Å²) >= 11 is 0. The van der Waals surface area contributed by atoms with Crippen molar-refractivity contribution < 1.29 is 4.79 Å². The highest BCUT2D eigenvalue weighted by Crippen LogP contribution is 2.23. The third-order valence-corrected chi connectivity index (χ3v) is 5.57. The molecule has 0 aliphatic carbocycles. The number of hydrogen-bond acceptors (Lipinski definition) is 3. The summed E-state index contributed by atoms with van der Waals surface area (Å²) in [6.07, 6.45) is 4.65. The molecule has 2 heterocycles. The van der Waals surface area contributed by atoms with Gasteiger partial charge >= 0.3 is 0 Å². The highest BCUT2D eigenvalue weighted by Gasteiger charge is 2.29. The minimum absolute atomic E-state index is 0.0285. The Morgan fingerprint density at radius 2 is 1.88 bits per heavy atom. The molecular weight excluding hydrogens is 298 g/mol. The Bertz CT molecular complexity index is 503. The van der Waals surface area contributed by atoms with Gasteiger partial charge in [0.1, 0.15) is 0 Å². The third kappa shape index (κ3) is 4.58. The zero-order valence-corrected chi connectivity index (χ0v) is 14.9. The molecule has 132 valence electrons. The zero-order chi connectivity index (χ0) is 16.8. The maximum Gasteiger partial charge on any atom is 0.239 e. The fraction of sp³-hybridized carbons (Fsp3) is 0.650. The lowest BCUT2D eigenvalue weighted by molar-refractivity contribution is -0.136. The van der Waals surface area contributed by atoms with Crippen molar-refractivity contribution in [2.75, 3.05) is 39.3 Å². The second-order valence-electron chi connectivity index (χ2n) is 7.27. The van der Waals surface area contributed by atoms with Crippen molar-refractivity contribution in [1.29, 1.82) is 0 Å². The van der Waals surface area contributed by atoms with Crippen LogP contribution in [-0.2, 0) is 11.2 Å². The van der Waals surface area contributed by atoms with E-state index < -0.39 is 0 Å². The Balaban J connectivity index is 1.47. The summed E-state index contributed by atoms with van der Waals surface area (Å²) in [5.74, 6) is 1.08. The van der Waals surface area contributed by atoms with E-state index >= 15 is 0 Å². The fourth-order valence-electron chi connectivity index (χ4n) is 3.98. The van der Waals surface area contributed by atoms with E-state index in [1.165, 1.54) is 24.8 Å². The Morgan fingerprint density at radius 3 is 2.62 bits per heavy atom. The Labute approximate surface area is 146 Å². The second kappa shape index (κ2) is 8.63. The number of piperidine rings is 1. The molecule has 2 fully saturated rings. The van der Waals surface area contributed by atoms with Crippen molar-refractivity contribution in [2.24, 2.45) is 5.92 Å². The number of rotatable bonds is 4. The molecule has 1 unspecified atom stereocenters. The van der Waals surface area contributed by atoms with Crippen LogP contribution in [0.4, 0.5) is 0 Å². The molecule has 4 heteroatoms. The smallest absolute Gasteiger partial charge is 0.239 e. The van der Waals surface area contributed by atoms with Gasteiger partial charge < -0.3 is 10.2 Å². The van der Waals surface area contributed by atoms with Gasteiger partial charge in [0.15, 0.2) is 0 Å². The van der Waals surface area contributed by atoms with Crippen LogP contribution in [0.15, 0.2) is 30.3 Å². The topological polar surface area (TPSA) is 35.6 Å². The molecule has 4 nitrogen and oxygen atoms in total. The molecule has 1 N–H and O–H groups in total. The van der Waals surface area contributed by atoms with Crippen LogP contribution in [-0.4, -0.2) is 61.0 Å². The Kier molecular flexibility index (Phi) is 6.27. The summed E-state index contributed by atoms with van der Waals surface area (Å²) in [7, 11) is 0. The number of likely N-dealkylation sites (tertiary alicyclic amines) is 1. The molecule has 0 spiro atoms. The lowest BCUT2D eigenvalue weighted by Gasteiger charge is -2.37. The molecule has 1 aromatic rings. The number of hydrogen-bond donors (Lipinski definition) is 1. The molecule has 1 amide bonds. The first-order valence-electron chi connectivity index (χ1n) is 9.51. The van der Waals surface area contributed by atoms with E-state index in [2.05, 4.69) is 52.4 Å². The fourth-order valence-corrected chi connectivity index (χ4v) is 3.98. The van der Waals surface area contributed by atoms with E-state index in [1.54, 1.807) is 0 Å². The third-order valence-electron chi connectivity index (χ3n) is 5.57. The van der Waals surface area contributed by atoms with Gasteiger partial charge in [0.25, 0.3) is 0 Å². The van der Waals surface area contributed by atoms with Gasteiger partial charge in [-0.2, -0.15) is 0 Å². The molecule has 3 rings (SSSR count). The number of nitrogens with zero attached hydrogens (tertiary/aromatic N) is 2. The van der Waals surface area contributed by atoms with E-state index in [1.807, 2.05) is 0 Å². The van der Waals surface area contributed by atoms with Crippen molar-refractivity contribution >= 4 is 5.91 Å². The van der Waals surface area contributed by atoms with Gasteiger partial charge in [-0.1, -0.05) is 30.3 Å². The Morgan fingerprint density at radius 1 is 1.12 bits per heavy atom. The summed E-state index contributed by atoms with van der Waals surface area (Å²) < 4.78 is 0. The standard InChI is InChI=1S/C20H31N3O/c1-17(20(24)23-12-5-10-21-11-15-23)22-13-8-19(9-14-22)16-18-6-3-2-4-7-18/h2-4,6-7,17,19,21H,5,8-16H2,1H3. The summed E-state index contributed by atoms with van der Waals surface area (Å²) in [4.78, 5) is 17.2. The van der Waals surface area contributed by atoms with E-state index in [0.29, 0.717) is 5.91 Å². The van der Waals surface area contributed by atoms with Crippen molar-refractivity contribution in [3.63, 3.8) is 0 Å². The number of nitrogens with one attached hydrogen (secondary N) is 1. The maximum atomic E-state index is 12.8. The van der Waals surface area contributed by atoms with Crippen LogP contribution in [0.3, 0.4) is 0 Å². The van der Waals surface area contributed by atoms with Gasteiger partial charge in [-0.3, -0.25) is 9.69 Å². The molecule has 2 aliphatic heterocycles. The lowest BCUT2D eigenvalue weighted by atomic mass is 9.89. The van der Waals surface area contributed by atoms with E-state index in [9.17, 15) is 4.79 Å². The van der Waals surface area contributed by atoms with Crippen LogP contribution in [0.1, 0.15) is 31.7 Å². The molecule has 1 atom stereocenters. The summed E-state index contributed by atoms with van der Waals surface area (Å²) in [6, 6.07) is 10.8. The highest BCUT2D eigenvalue weighted by atomic mass is 16.2. The van der Waals surface area contributed by atoms with Gasteiger partial charge in [-0.15, -0.1) is 0 Å². The molecule has 2 aliphatic rings. The van der Waals surface area contributed by atoms with Gasteiger partial charge in [-0.05, 0) is 63.7 Å². The average molecular weight is 329 g/mol. The highest BCUT2D eigenvalue weighted by molar-refractivity contribution is 5.81. The van der Waals surface area contributed by atoms with Crippen LogP contribution in [0.5, 0.6) is 0 Å². The monoisotopic (exact) mass is 329 g/mol.